The third kappa shape index (κ3) is 3.99. The van der Waals surface area contributed by atoms with Crippen molar-refractivity contribution in [2.75, 3.05) is 0 Å². The quantitative estimate of drug-likeness (QED) is 0.901. The van der Waals surface area contributed by atoms with E-state index >= 15 is 0 Å². The predicted octanol–water partition coefficient (Wildman–Crippen LogP) is 1.85. The highest BCUT2D eigenvalue weighted by Crippen LogP contribution is 2.14. The van der Waals surface area contributed by atoms with Gasteiger partial charge in [-0.1, -0.05) is 36.5 Å². The first kappa shape index (κ1) is 15.0. The molecule has 18 heavy (non-hydrogen) atoms. The first-order chi connectivity index (χ1) is 8.45. The van der Waals surface area contributed by atoms with Crippen LogP contribution in [0.5, 0.6) is 0 Å². The average molecular weight is 292 g/mol. The van der Waals surface area contributed by atoms with Gasteiger partial charge in [0.15, 0.2) is 0 Å². The maximum absolute atomic E-state index is 11.7. The molecule has 1 aromatic heterocycles. The van der Waals surface area contributed by atoms with E-state index in [0.29, 0.717) is 0 Å². The van der Waals surface area contributed by atoms with Gasteiger partial charge in [-0.2, -0.15) is 5.10 Å². The van der Waals surface area contributed by atoms with E-state index < -0.39 is 5.56 Å². The molecule has 0 fully saturated rings. The SMILES string of the molecule is CCC[C@H](C)NC(=O)Cn1ncc(Cl)c(Cl)c1=O. The number of nitrogens with one attached hydrogen (secondary N) is 1. The van der Waals surface area contributed by atoms with Gasteiger partial charge in [0.2, 0.25) is 5.91 Å². The molecule has 7 heteroatoms. The van der Waals surface area contributed by atoms with Gasteiger partial charge in [-0.25, -0.2) is 4.68 Å². The number of aromatic nitrogens is 2. The number of carbonyl (C=O) groups excluding carboxylic acids is 1. The van der Waals surface area contributed by atoms with Crippen molar-refractivity contribution < 1.29 is 4.79 Å². The van der Waals surface area contributed by atoms with Crippen molar-refractivity contribution in [3.8, 4) is 0 Å². The van der Waals surface area contributed by atoms with Gasteiger partial charge < -0.3 is 5.32 Å². The van der Waals surface area contributed by atoms with Crippen molar-refractivity contribution in [2.24, 2.45) is 0 Å². The maximum Gasteiger partial charge on any atom is 0.287 e. The molecular weight excluding hydrogens is 277 g/mol. The molecule has 5 nitrogen and oxygen atoms in total. The van der Waals surface area contributed by atoms with Crippen LogP contribution in [-0.4, -0.2) is 21.7 Å². The summed E-state index contributed by atoms with van der Waals surface area (Å²) in [5, 5.41) is 6.49. The number of halogens is 2. The molecule has 0 aromatic carbocycles. The Balaban J connectivity index is 2.71. The van der Waals surface area contributed by atoms with Crippen LogP contribution in [0.4, 0.5) is 0 Å². The van der Waals surface area contributed by atoms with Crippen LogP contribution >= 0.6 is 23.2 Å². The average Bonchev–Trinajstić information content (AvgIpc) is 2.30. The zero-order chi connectivity index (χ0) is 13.7. The Bertz CT molecular complexity index is 488. The van der Waals surface area contributed by atoms with Gasteiger partial charge in [0.05, 0.1) is 11.2 Å². The molecule has 0 aliphatic heterocycles. The summed E-state index contributed by atoms with van der Waals surface area (Å²) in [4.78, 5) is 23.3. The third-order valence-corrected chi connectivity index (χ3v) is 3.11. The lowest BCUT2D eigenvalue weighted by atomic mass is 10.2. The van der Waals surface area contributed by atoms with E-state index in [2.05, 4.69) is 10.4 Å². The number of carbonyl (C=O) groups is 1. The van der Waals surface area contributed by atoms with Crippen molar-refractivity contribution in [1.82, 2.24) is 15.1 Å². The molecule has 0 bridgehead atoms. The van der Waals surface area contributed by atoms with Gasteiger partial charge >= 0.3 is 0 Å². The Hall–Kier alpha value is -1.07. The van der Waals surface area contributed by atoms with Crippen molar-refractivity contribution >= 4 is 29.1 Å². The molecule has 0 saturated heterocycles. The summed E-state index contributed by atoms with van der Waals surface area (Å²) in [7, 11) is 0. The lowest BCUT2D eigenvalue weighted by Gasteiger charge is -2.13. The fourth-order valence-electron chi connectivity index (χ4n) is 1.52. The maximum atomic E-state index is 11.7. The summed E-state index contributed by atoms with van der Waals surface area (Å²) in [5.41, 5.74) is -0.567. The lowest BCUT2D eigenvalue weighted by molar-refractivity contribution is -0.122. The molecule has 1 atom stereocenters. The van der Waals surface area contributed by atoms with E-state index in [1.54, 1.807) is 0 Å². The van der Waals surface area contributed by atoms with Gasteiger partial charge in [0.1, 0.15) is 11.6 Å². The minimum absolute atomic E-state index is 0.0703. The normalized spacial score (nSPS) is 12.2. The first-order valence-corrected chi connectivity index (χ1v) is 6.41. The van der Waals surface area contributed by atoms with Crippen LogP contribution in [0.25, 0.3) is 0 Å². The standard InChI is InChI=1S/C11H15Cl2N3O2/c1-3-4-7(2)15-9(17)6-16-11(18)10(13)8(12)5-14-16/h5,7H,3-4,6H2,1-2H3,(H,15,17)/t7-/m0/s1. The number of nitrogens with zero attached hydrogens (tertiary/aromatic N) is 2. The zero-order valence-corrected chi connectivity index (χ0v) is 11.8. The van der Waals surface area contributed by atoms with E-state index in [0.717, 1.165) is 17.5 Å². The minimum atomic E-state index is -0.567. The van der Waals surface area contributed by atoms with Crippen LogP contribution in [0.2, 0.25) is 10.0 Å². The van der Waals surface area contributed by atoms with Crippen LogP contribution in [0.3, 0.4) is 0 Å². The fraction of sp³-hybridized carbons (Fsp3) is 0.545. The van der Waals surface area contributed by atoms with Crippen LogP contribution in [-0.2, 0) is 11.3 Å². The number of rotatable bonds is 5. The van der Waals surface area contributed by atoms with Gasteiger partial charge in [-0.3, -0.25) is 9.59 Å². The summed E-state index contributed by atoms with van der Waals surface area (Å²) in [6.07, 6.45) is 3.11. The highest BCUT2D eigenvalue weighted by molar-refractivity contribution is 6.41. The minimum Gasteiger partial charge on any atom is -0.352 e. The molecule has 1 heterocycles. The van der Waals surface area contributed by atoms with Gasteiger partial charge in [0, 0.05) is 6.04 Å². The Morgan fingerprint density at radius 3 is 2.83 bits per heavy atom. The third-order valence-electron chi connectivity index (χ3n) is 2.36. The van der Waals surface area contributed by atoms with E-state index in [1.807, 2.05) is 13.8 Å². The largest absolute Gasteiger partial charge is 0.352 e. The van der Waals surface area contributed by atoms with Crippen molar-refractivity contribution in [3.63, 3.8) is 0 Å². The number of amides is 1. The molecule has 1 rings (SSSR count). The van der Waals surface area contributed by atoms with Crippen molar-refractivity contribution in [2.45, 2.75) is 39.3 Å². The fourth-order valence-corrected chi connectivity index (χ4v) is 1.79. The van der Waals surface area contributed by atoms with Gasteiger partial charge in [0.25, 0.3) is 5.56 Å². The predicted molar refractivity (Wildman–Crippen MR) is 71.0 cm³/mol. The lowest BCUT2D eigenvalue weighted by Crippen LogP contribution is -2.38. The molecule has 1 amide bonds. The van der Waals surface area contributed by atoms with Crippen LogP contribution < -0.4 is 10.9 Å². The molecule has 0 unspecified atom stereocenters. The molecule has 100 valence electrons. The van der Waals surface area contributed by atoms with Crippen LogP contribution in [0.1, 0.15) is 26.7 Å². The van der Waals surface area contributed by atoms with Crippen molar-refractivity contribution in [1.29, 1.82) is 0 Å². The van der Waals surface area contributed by atoms with E-state index in [-0.39, 0.29) is 28.5 Å². The monoisotopic (exact) mass is 291 g/mol. The number of hydrogen-bond donors (Lipinski definition) is 1. The molecule has 0 saturated carbocycles. The topological polar surface area (TPSA) is 64.0 Å². The summed E-state index contributed by atoms with van der Waals surface area (Å²) in [5.74, 6) is -0.274. The zero-order valence-electron chi connectivity index (χ0n) is 10.2. The highest BCUT2D eigenvalue weighted by atomic mass is 35.5. The second-order valence-electron chi connectivity index (χ2n) is 4.03. The van der Waals surface area contributed by atoms with Crippen LogP contribution in [0, 0.1) is 0 Å². The molecular formula is C11H15Cl2N3O2. The molecule has 1 N–H and O–H groups in total. The highest BCUT2D eigenvalue weighted by Gasteiger charge is 2.12. The molecule has 0 radical (unpaired) electrons. The molecule has 0 aliphatic carbocycles. The Morgan fingerprint density at radius 2 is 2.22 bits per heavy atom. The van der Waals surface area contributed by atoms with E-state index in [1.165, 1.54) is 6.20 Å². The summed E-state index contributed by atoms with van der Waals surface area (Å²) in [6, 6.07) is 0.0703. The second kappa shape index (κ2) is 6.75. The molecule has 0 spiro atoms. The Morgan fingerprint density at radius 1 is 1.56 bits per heavy atom. The summed E-state index contributed by atoms with van der Waals surface area (Å²) >= 11 is 11.3. The smallest absolute Gasteiger partial charge is 0.287 e. The van der Waals surface area contributed by atoms with Crippen molar-refractivity contribution in [3.05, 3.63) is 26.6 Å². The van der Waals surface area contributed by atoms with E-state index in [4.69, 9.17) is 23.2 Å². The van der Waals surface area contributed by atoms with E-state index in [9.17, 15) is 9.59 Å². The summed E-state index contributed by atoms with van der Waals surface area (Å²) < 4.78 is 0.988. The summed E-state index contributed by atoms with van der Waals surface area (Å²) in [6.45, 7) is 3.78. The molecule has 0 aliphatic rings. The molecule has 1 aromatic rings. The Kier molecular flexibility index (Phi) is 5.62. The van der Waals surface area contributed by atoms with Gasteiger partial charge in [-0.15, -0.1) is 0 Å². The Labute approximate surface area is 115 Å². The second-order valence-corrected chi connectivity index (χ2v) is 4.81. The van der Waals surface area contributed by atoms with Gasteiger partial charge in [-0.05, 0) is 13.3 Å². The van der Waals surface area contributed by atoms with Crippen LogP contribution in [0.15, 0.2) is 11.0 Å². The number of hydrogen-bond acceptors (Lipinski definition) is 3. The first-order valence-electron chi connectivity index (χ1n) is 5.66.